The molecule has 0 saturated carbocycles. The minimum atomic E-state index is -3.61. The van der Waals surface area contributed by atoms with Crippen molar-refractivity contribution in [2.75, 3.05) is 7.11 Å². The van der Waals surface area contributed by atoms with Crippen LogP contribution in [-0.2, 0) is 14.8 Å². The van der Waals surface area contributed by atoms with E-state index < -0.39 is 9.05 Å². The molecule has 6 heteroatoms. The van der Waals surface area contributed by atoms with E-state index in [9.17, 15) is 8.42 Å². The standard InChI is InChI=1S/C8H9ClO4S/c1-13-8-4-7(10)3-2-6(8)5-14(9,11)12/h2-4,10H,5H2,1H3. The van der Waals surface area contributed by atoms with Gasteiger partial charge in [0.25, 0.3) is 0 Å². The van der Waals surface area contributed by atoms with Gasteiger partial charge in [0, 0.05) is 22.3 Å². The van der Waals surface area contributed by atoms with Gasteiger partial charge in [-0.25, -0.2) is 8.42 Å². The largest absolute Gasteiger partial charge is 0.508 e. The number of halogens is 1. The SMILES string of the molecule is COc1cc(O)ccc1CS(=O)(=O)Cl. The summed E-state index contributed by atoms with van der Waals surface area (Å²) in [6, 6.07) is 4.16. The van der Waals surface area contributed by atoms with Crippen LogP contribution in [0.25, 0.3) is 0 Å². The summed E-state index contributed by atoms with van der Waals surface area (Å²) in [5.41, 5.74) is 0.417. The van der Waals surface area contributed by atoms with Gasteiger partial charge in [0.2, 0.25) is 9.05 Å². The molecule has 0 amide bonds. The predicted molar refractivity (Wildman–Crippen MR) is 53.1 cm³/mol. The van der Waals surface area contributed by atoms with Crippen LogP contribution in [0.15, 0.2) is 18.2 Å². The highest BCUT2D eigenvalue weighted by atomic mass is 35.7. The molecular formula is C8H9ClO4S. The normalized spacial score (nSPS) is 11.3. The van der Waals surface area contributed by atoms with Gasteiger partial charge in [-0.15, -0.1) is 0 Å². The molecule has 0 radical (unpaired) electrons. The maximum atomic E-state index is 10.8. The molecule has 1 aromatic carbocycles. The summed E-state index contributed by atoms with van der Waals surface area (Å²) in [6.45, 7) is 0. The molecule has 0 fully saturated rings. The summed E-state index contributed by atoms with van der Waals surface area (Å²) in [5, 5.41) is 9.10. The Morgan fingerprint density at radius 2 is 2.14 bits per heavy atom. The second-order valence-electron chi connectivity index (χ2n) is 2.68. The fourth-order valence-electron chi connectivity index (χ4n) is 1.04. The third-order valence-electron chi connectivity index (χ3n) is 1.60. The van der Waals surface area contributed by atoms with Gasteiger partial charge in [0.05, 0.1) is 12.9 Å². The highest BCUT2D eigenvalue weighted by Crippen LogP contribution is 2.26. The first-order chi connectivity index (χ1) is 6.42. The number of benzene rings is 1. The van der Waals surface area contributed by atoms with Crippen LogP contribution < -0.4 is 4.74 Å². The van der Waals surface area contributed by atoms with Crippen molar-refractivity contribution < 1.29 is 18.3 Å². The molecule has 78 valence electrons. The Morgan fingerprint density at radius 3 is 2.64 bits per heavy atom. The van der Waals surface area contributed by atoms with E-state index in [1.54, 1.807) is 0 Å². The molecule has 0 aliphatic carbocycles. The van der Waals surface area contributed by atoms with Gasteiger partial charge in [0.15, 0.2) is 0 Å². The number of ether oxygens (including phenoxy) is 1. The lowest BCUT2D eigenvalue weighted by Crippen LogP contribution is -1.98. The van der Waals surface area contributed by atoms with Gasteiger partial charge in [-0.05, 0) is 6.07 Å². The second-order valence-corrected chi connectivity index (χ2v) is 5.46. The summed E-state index contributed by atoms with van der Waals surface area (Å²) in [5.74, 6) is -0.00957. The van der Waals surface area contributed by atoms with Gasteiger partial charge < -0.3 is 9.84 Å². The van der Waals surface area contributed by atoms with E-state index >= 15 is 0 Å². The van der Waals surface area contributed by atoms with Crippen LogP contribution in [0.3, 0.4) is 0 Å². The first kappa shape index (κ1) is 11.1. The lowest BCUT2D eigenvalue weighted by atomic mass is 10.2. The molecule has 0 unspecified atom stereocenters. The molecule has 0 saturated heterocycles. The van der Waals surface area contributed by atoms with Crippen molar-refractivity contribution in [1.82, 2.24) is 0 Å². The van der Waals surface area contributed by atoms with E-state index in [1.165, 1.54) is 25.3 Å². The van der Waals surface area contributed by atoms with E-state index in [4.69, 9.17) is 20.5 Å². The molecule has 0 spiro atoms. The van der Waals surface area contributed by atoms with Crippen molar-refractivity contribution >= 4 is 19.7 Å². The predicted octanol–water partition coefficient (Wildman–Crippen LogP) is 1.47. The smallest absolute Gasteiger partial charge is 0.236 e. The van der Waals surface area contributed by atoms with Crippen molar-refractivity contribution in [2.45, 2.75) is 5.75 Å². The Labute approximate surface area is 86.5 Å². The fraction of sp³-hybridized carbons (Fsp3) is 0.250. The first-order valence-corrected chi connectivity index (χ1v) is 6.18. The lowest BCUT2D eigenvalue weighted by Gasteiger charge is -2.06. The fourth-order valence-corrected chi connectivity index (χ4v) is 2.00. The molecule has 0 aliphatic heterocycles. The molecule has 1 rings (SSSR count). The summed E-state index contributed by atoms with van der Waals surface area (Å²) < 4.78 is 26.5. The average molecular weight is 237 g/mol. The van der Waals surface area contributed by atoms with Crippen molar-refractivity contribution in [1.29, 1.82) is 0 Å². The minimum Gasteiger partial charge on any atom is -0.508 e. The lowest BCUT2D eigenvalue weighted by molar-refractivity contribution is 0.404. The van der Waals surface area contributed by atoms with Gasteiger partial charge in [-0.1, -0.05) is 6.07 Å². The van der Waals surface area contributed by atoms with Gasteiger partial charge in [-0.3, -0.25) is 0 Å². The number of hydrogen-bond acceptors (Lipinski definition) is 4. The molecule has 0 aliphatic rings. The number of aromatic hydroxyl groups is 1. The van der Waals surface area contributed by atoms with E-state index in [0.29, 0.717) is 11.3 Å². The quantitative estimate of drug-likeness (QED) is 0.808. The van der Waals surface area contributed by atoms with E-state index in [0.717, 1.165) is 0 Å². The van der Waals surface area contributed by atoms with Gasteiger partial charge in [-0.2, -0.15) is 0 Å². The molecule has 0 atom stereocenters. The van der Waals surface area contributed by atoms with Crippen molar-refractivity contribution in [2.24, 2.45) is 0 Å². The minimum absolute atomic E-state index is 0.0116. The van der Waals surface area contributed by atoms with E-state index in [2.05, 4.69) is 0 Å². The van der Waals surface area contributed by atoms with Crippen LogP contribution in [0.1, 0.15) is 5.56 Å². The van der Waals surface area contributed by atoms with E-state index in [-0.39, 0.29) is 11.5 Å². The topological polar surface area (TPSA) is 63.6 Å². The number of methoxy groups -OCH3 is 1. The summed E-state index contributed by atoms with van der Waals surface area (Å²) in [6.07, 6.45) is 0. The molecule has 1 N–H and O–H groups in total. The van der Waals surface area contributed by atoms with Gasteiger partial charge >= 0.3 is 0 Å². The molecule has 4 nitrogen and oxygen atoms in total. The summed E-state index contributed by atoms with van der Waals surface area (Å²) in [4.78, 5) is 0. The zero-order valence-electron chi connectivity index (χ0n) is 7.40. The molecule has 0 heterocycles. The van der Waals surface area contributed by atoms with Crippen molar-refractivity contribution in [3.8, 4) is 11.5 Å². The van der Waals surface area contributed by atoms with Crippen LogP contribution >= 0.6 is 10.7 Å². The number of rotatable bonds is 3. The molecule has 14 heavy (non-hydrogen) atoms. The Hall–Kier alpha value is -0.940. The first-order valence-electron chi connectivity index (χ1n) is 3.70. The number of phenolic OH excluding ortho intramolecular Hbond substituents is 1. The second kappa shape index (κ2) is 4.06. The van der Waals surface area contributed by atoms with Crippen LogP contribution in [0.2, 0.25) is 0 Å². The number of phenols is 1. The van der Waals surface area contributed by atoms with Crippen LogP contribution in [-0.4, -0.2) is 20.6 Å². The third-order valence-corrected chi connectivity index (χ3v) is 2.58. The Balaban J connectivity index is 3.09. The zero-order valence-corrected chi connectivity index (χ0v) is 8.97. The monoisotopic (exact) mass is 236 g/mol. The van der Waals surface area contributed by atoms with E-state index in [1.807, 2.05) is 0 Å². The Bertz CT molecular complexity index is 427. The van der Waals surface area contributed by atoms with Crippen LogP contribution in [0.4, 0.5) is 0 Å². The maximum absolute atomic E-state index is 10.8. The average Bonchev–Trinajstić information content (AvgIpc) is 2.06. The Morgan fingerprint density at radius 1 is 1.50 bits per heavy atom. The highest BCUT2D eigenvalue weighted by Gasteiger charge is 2.12. The molecule has 1 aromatic rings. The Kier molecular flexibility index (Phi) is 3.23. The van der Waals surface area contributed by atoms with Crippen molar-refractivity contribution in [3.05, 3.63) is 23.8 Å². The third kappa shape index (κ3) is 3.08. The number of hydrogen-bond donors (Lipinski definition) is 1. The van der Waals surface area contributed by atoms with Crippen LogP contribution in [0.5, 0.6) is 11.5 Å². The highest BCUT2D eigenvalue weighted by molar-refractivity contribution is 8.13. The van der Waals surface area contributed by atoms with Gasteiger partial charge in [0.1, 0.15) is 11.5 Å². The maximum Gasteiger partial charge on any atom is 0.236 e. The molecular weight excluding hydrogens is 228 g/mol. The zero-order chi connectivity index (χ0) is 10.8. The summed E-state index contributed by atoms with van der Waals surface area (Å²) >= 11 is 0. The van der Waals surface area contributed by atoms with Crippen LogP contribution in [0, 0.1) is 0 Å². The molecule has 0 bridgehead atoms. The summed E-state index contributed by atoms with van der Waals surface area (Å²) in [7, 11) is 2.87. The van der Waals surface area contributed by atoms with Crippen molar-refractivity contribution in [3.63, 3.8) is 0 Å². The molecule has 0 aromatic heterocycles.